The molecule has 0 atom stereocenters. The molecule has 0 saturated carbocycles. The summed E-state index contributed by atoms with van der Waals surface area (Å²) < 4.78 is 18.4. The number of fused-ring (bicyclic) bond motifs is 1. The quantitative estimate of drug-likeness (QED) is 0.573. The number of methoxy groups -OCH3 is 1. The SMILES string of the molecule is COCCOc1c(C(N)=O)cc(Cc2ccc(-c3cn(C)nn3)cc2)c2c1CCO2. The highest BCUT2D eigenvalue weighted by atomic mass is 16.5. The number of nitrogens with zero attached hydrogens (tertiary/aromatic N) is 3. The molecular weight excluding hydrogens is 384 g/mol. The Morgan fingerprint density at radius 1 is 1.27 bits per heavy atom. The maximum Gasteiger partial charge on any atom is 0.252 e. The molecule has 0 unspecified atom stereocenters. The Morgan fingerprint density at radius 2 is 2.07 bits per heavy atom. The molecule has 0 spiro atoms. The molecule has 2 N–H and O–H groups in total. The molecule has 8 heteroatoms. The van der Waals surface area contributed by atoms with Gasteiger partial charge in [0.2, 0.25) is 0 Å². The Labute approximate surface area is 174 Å². The van der Waals surface area contributed by atoms with Crippen LogP contribution in [-0.2, 0) is 24.6 Å². The number of hydrogen-bond donors (Lipinski definition) is 1. The summed E-state index contributed by atoms with van der Waals surface area (Å²) in [6.45, 7) is 1.32. The first-order chi connectivity index (χ1) is 14.6. The lowest BCUT2D eigenvalue weighted by molar-refractivity contribution is 0.0992. The number of aromatic nitrogens is 3. The number of primary amides is 1. The molecule has 0 fully saturated rings. The van der Waals surface area contributed by atoms with Crippen LogP contribution in [0.1, 0.15) is 27.0 Å². The largest absolute Gasteiger partial charge is 0.493 e. The second-order valence-corrected chi connectivity index (χ2v) is 7.18. The number of rotatable bonds is 8. The number of amides is 1. The van der Waals surface area contributed by atoms with Gasteiger partial charge in [0.05, 0.1) is 25.0 Å². The zero-order chi connectivity index (χ0) is 21.1. The van der Waals surface area contributed by atoms with Crippen LogP contribution in [-0.4, -0.2) is 47.8 Å². The van der Waals surface area contributed by atoms with Gasteiger partial charge in [-0.15, -0.1) is 5.10 Å². The molecule has 8 nitrogen and oxygen atoms in total. The lowest BCUT2D eigenvalue weighted by Gasteiger charge is -2.16. The molecule has 156 valence electrons. The van der Waals surface area contributed by atoms with E-state index in [4.69, 9.17) is 19.9 Å². The minimum absolute atomic E-state index is 0.340. The normalized spacial score (nSPS) is 12.5. The second-order valence-electron chi connectivity index (χ2n) is 7.18. The van der Waals surface area contributed by atoms with Crippen LogP contribution in [0, 0.1) is 0 Å². The van der Waals surface area contributed by atoms with E-state index in [1.807, 2.05) is 37.5 Å². The standard InChI is InChI=1S/C22H24N4O4/c1-26-13-19(24-25-26)15-5-3-14(4-6-15)11-16-12-18(22(23)27)21(30-10-9-28-2)17-7-8-29-20(16)17/h3-6,12-13H,7-11H2,1-2H3,(H2,23,27). The molecule has 3 aromatic rings. The van der Waals surface area contributed by atoms with Crippen LogP contribution in [0.5, 0.6) is 11.5 Å². The maximum atomic E-state index is 12.1. The summed E-state index contributed by atoms with van der Waals surface area (Å²) in [4.78, 5) is 12.1. The molecule has 4 rings (SSSR count). The van der Waals surface area contributed by atoms with E-state index in [2.05, 4.69) is 10.3 Å². The van der Waals surface area contributed by atoms with Crippen molar-refractivity contribution in [2.24, 2.45) is 12.8 Å². The van der Waals surface area contributed by atoms with E-state index >= 15 is 0 Å². The first-order valence-corrected chi connectivity index (χ1v) is 9.75. The van der Waals surface area contributed by atoms with Crippen LogP contribution >= 0.6 is 0 Å². The molecule has 1 aliphatic heterocycles. The van der Waals surface area contributed by atoms with E-state index in [0.29, 0.717) is 44.0 Å². The van der Waals surface area contributed by atoms with Gasteiger partial charge in [-0.1, -0.05) is 29.5 Å². The number of nitrogens with two attached hydrogens (primary N) is 1. The van der Waals surface area contributed by atoms with Gasteiger partial charge in [-0.25, -0.2) is 0 Å². The zero-order valence-electron chi connectivity index (χ0n) is 17.1. The Balaban J connectivity index is 1.63. The van der Waals surface area contributed by atoms with Gasteiger partial charge < -0.3 is 19.9 Å². The highest BCUT2D eigenvalue weighted by Gasteiger charge is 2.26. The highest BCUT2D eigenvalue weighted by Crippen LogP contribution is 2.40. The lowest BCUT2D eigenvalue weighted by atomic mass is 9.96. The predicted octanol–water partition coefficient (Wildman–Crippen LogP) is 2.13. The number of hydrogen-bond acceptors (Lipinski definition) is 6. The van der Waals surface area contributed by atoms with Crippen LogP contribution in [0.2, 0.25) is 0 Å². The van der Waals surface area contributed by atoms with Crippen LogP contribution in [0.4, 0.5) is 0 Å². The number of aryl methyl sites for hydroxylation is 1. The smallest absolute Gasteiger partial charge is 0.252 e. The van der Waals surface area contributed by atoms with Crippen molar-refractivity contribution >= 4 is 5.91 Å². The van der Waals surface area contributed by atoms with Gasteiger partial charge in [-0.05, 0) is 17.2 Å². The van der Waals surface area contributed by atoms with Crippen molar-refractivity contribution in [2.45, 2.75) is 12.8 Å². The molecule has 1 aromatic heterocycles. The van der Waals surface area contributed by atoms with Gasteiger partial charge >= 0.3 is 0 Å². The van der Waals surface area contributed by atoms with Crippen molar-refractivity contribution in [3.05, 3.63) is 58.8 Å². The molecule has 0 radical (unpaired) electrons. The predicted molar refractivity (Wildman–Crippen MR) is 111 cm³/mol. The van der Waals surface area contributed by atoms with Crippen molar-refractivity contribution < 1.29 is 19.0 Å². The number of benzene rings is 2. The fraction of sp³-hybridized carbons (Fsp3) is 0.318. The average molecular weight is 408 g/mol. The lowest BCUT2D eigenvalue weighted by Crippen LogP contribution is -2.16. The summed E-state index contributed by atoms with van der Waals surface area (Å²) in [7, 11) is 3.44. The van der Waals surface area contributed by atoms with Crippen molar-refractivity contribution in [3.8, 4) is 22.8 Å². The van der Waals surface area contributed by atoms with Crippen molar-refractivity contribution in [3.63, 3.8) is 0 Å². The molecule has 1 aliphatic rings. The third-order valence-electron chi connectivity index (χ3n) is 5.05. The van der Waals surface area contributed by atoms with Crippen molar-refractivity contribution in [2.75, 3.05) is 26.9 Å². The molecular formula is C22H24N4O4. The Bertz CT molecular complexity index is 1060. The summed E-state index contributed by atoms with van der Waals surface area (Å²) in [5.41, 5.74) is 10.7. The van der Waals surface area contributed by atoms with E-state index in [1.54, 1.807) is 17.9 Å². The highest BCUT2D eigenvalue weighted by molar-refractivity contribution is 5.97. The van der Waals surface area contributed by atoms with E-state index in [1.165, 1.54) is 0 Å². The molecule has 1 amide bonds. The van der Waals surface area contributed by atoms with Crippen LogP contribution in [0.3, 0.4) is 0 Å². The van der Waals surface area contributed by atoms with E-state index < -0.39 is 5.91 Å². The van der Waals surface area contributed by atoms with E-state index in [0.717, 1.165) is 33.7 Å². The third-order valence-corrected chi connectivity index (χ3v) is 5.05. The number of carbonyl (C=O) groups is 1. The zero-order valence-corrected chi connectivity index (χ0v) is 17.1. The van der Waals surface area contributed by atoms with Gasteiger partial charge in [-0.2, -0.15) is 0 Å². The Hall–Kier alpha value is -3.39. The minimum atomic E-state index is -0.517. The van der Waals surface area contributed by atoms with Gasteiger partial charge in [-0.3, -0.25) is 9.48 Å². The van der Waals surface area contributed by atoms with Gasteiger partial charge in [0.15, 0.2) is 0 Å². The van der Waals surface area contributed by atoms with Crippen LogP contribution < -0.4 is 15.2 Å². The summed E-state index contributed by atoms with van der Waals surface area (Å²) in [5.74, 6) is 0.774. The minimum Gasteiger partial charge on any atom is -0.493 e. The average Bonchev–Trinajstić information content (AvgIpc) is 3.39. The van der Waals surface area contributed by atoms with E-state index in [9.17, 15) is 4.79 Å². The van der Waals surface area contributed by atoms with Crippen LogP contribution in [0.25, 0.3) is 11.3 Å². The van der Waals surface area contributed by atoms with Gasteiger partial charge in [0.1, 0.15) is 23.8 Å². The fourth-order valence-electron chi connectivity index (χ4n) is 3.63. The fourth-order valence-corrected chi connectivity index (χ4v) is 3.63. The summed E-state index contributed by atoms with van der Waals surface area (Å²) in [6.07, 6.45) is 3.16. The molecule has 2 aromatic carbocycles. The van der Waals surface area contributed by atoms with Crippen molar-refractivity contribution in [1.82, 2.24) is 15.0 Å². The van der Waals surface area contributed by atoms with Gasteiger partial charge in [0, 0.05) is 38.1 Å². The first kappa shape index (κ1) is 19.9. The van der Waals surface area contributed by atoms with Crippen LogP contribution in [0.15, 0.2) is 36.5 Å². The first-order valence-electron chi connectivity index (χ1n) is 9.75. The maximum absolute atomic E-state index is 12.1. The Morgan fingerprint density at radius 3 is 2.73 bits per heavy atom. The molecule has 0 saturated heterocycles. The molecule has 0 bridgehead atoms. The number of carbonyl (C=O) groups excluding carboxylic acids is 1. The summed E-state index contributed by atoms with van der Waals surface area (Å²) >= 11 is 0. The second kappa shape index (κ2) is 8.54. The monoisotopic (exact) mass is 408 g/mol. The van der Waals surface area contributed by atoms with E-state index in [-0.39, 0.29) is 0 Å². The molecule has 30 heavy (non-hydrogen) atoms. The molecule has 0 aliphatic carbocycles. The topological polar surface area (TPSA) is 101 Å². The summed E-state index contributed by atoms with van der Waals surface area (Å²) in [5, 5.41) is 8.11. The number of ether oxygens (including phenoxy) is 3. The third kappa shape index (κ3) is 3.99. The summed E-state index contributed by atoms with van der Waals surface area (Å²) in [6, 6.07) is 9.89. The van der Waals surface area contributed by atoms with Gasteiger partial charge in [0.25, 0.3) is 5.91 Å². The molecule has 2 heterocycles. The van der Waals surface area contributed by atoms with Crippen molar-refractivity contribution in [1.29, 1.82) is 0 Å². The Kier molecular flexibility index (Phi) is 5.67.